The standard InChI is InChI=1S/C18H23N3O6S/c1-3-26-18(23)27-11-20-9-12(2)16-14(17(20)22)5-4-6-15(16)28(24,25)21-8-7-13(19)10-21/h4-6,9,13H,3,7-8,10-11,19H2,1-2H3/t13-/m1/s1. The first kappa shape index (κ1) is 20.3. The summed E-state index contributed by atoms with van der Waals surface area (Å²) in [6, 6.07) is 4.39. The summed E-state index contributed by atoms with van der Waals surface area (Å²) in [5.74, 6) is 0. The molecule has 152 valence electrons. The van der Waals surface area contributed by atoms with Gasteiger partial charge >= 0.3 is 6.16 Å². The summed E-state index contributed by atoms with van der Waals surface area (Å²) >= 11 is 0. The van der Waals surface area contributed by atoms with Crippen LogP contribution in [0.1, 0.15) is 18.9 Å². The molecule has 2 heterocycles. The maximum atomic E-state index is 13.1. The molecule has 3 rings (SSSR count). The second-order valence-corrected chi connectivity index (χ2v) is 8.54. The van der Waals surface area contributed by atoms with Gasteiger partial charge in [-0.15, -0.1) is 0 Å². The van der Waals surface area contributed by atoms with Gasteiger partial charge in [0, 0.05) is 36.1 Å². The Balaban J connectivity index is 2.05. The highest BCUT2D eigenvalue weighted by Crippen LogP contribution is 2.28. The van der Waals surface area contributed by atoms with Crippen molar-refractivity contribution in [2.24, 2.45) is 5.73 Å². The van der Waals surface area contributed by atoms with Crippen molar-refractivity contribution in [3.05, 3.63) is 40.3 Å². The number of hydrogen-bond acceptors (Lipinski definition) is 7. The van der Waals surface area contributed by atoms with Crippen LogP contribution in [0.5, 0.6) is 0 Å². The average Bonchev–Trinajstić information content (AvgIpc) is 3.10. The van der Waals surface area contributed by atoms with E-state index in [9.17, 15) is 18.0 Å². The Morgan fingerprint density at radius 2 is 2.07 bits per heavy atom. The molecule has 2 aromatic rings. The Hall–Kier alpha value is -2.43. The fourth-order valence-corrected chi connectivity index (χ4v) is 5.12. The molecule has 1 fully saturated rings. The lowest BCUT2D eigenvalue weighted by Crippen LogP contribution is -2.32. The highest BCUT2D eigenvalue weighted by molar-refractivity contribution is 7.89. The third-order valence-electron chi connectivity index (χ3n) is 4.65. The van der Waals surface area contributed by atoms with Crippen LogP contribution < -0.4 is 11.3 Å². The number of rotatable bonds is 5. The van der Waals surface area contributed by atoms with Crippen LogP contribution in [-0.4, -0.2) is 49.2 Å². The van der Waals surface area contributed by atoms with Crippen LogP contribution in [0.25, 0.3) is 10.8 Å². The van der Waals surface area contributed by atoms with Crippen LogP contribution in [0.3, 0.4) is 0 Å². The van der Waals surface area contributed by atoms with Crippen LogP contribution in [0.4, 0.5) is 4.79 Å². The van der Waals surface area contributed by atoms with Crippen LogP contribution in [-0.2, 0) is 26.2 Å². The average molecular weight is 409 g/mol. The summed E-state index contributed by atoms with van der Waals surface area (Å²) in [4.78, 5) is 24.3. The van der Waals surface area contributed by atoms with Crippen molar-refractivity contribution < 1.29 is 22.7 Å². The van der Waals surface area contributed by atoms with Gasteiger partial charge in [0.25, 0.3) is 5.56 Å². The maximum absolute atomic E-state index is 13.1. The Labute approximate surface area is 162 Å². The topological polar surface area (TPSA) is 121 Å². The van der Waals surface area contributed by atoms with Crippen LogP contribution in [0.2, 0.25) is 0 Å². The summed E-state index contributed by atoms with van der Waals surface area (Å²) in [5.41, 5.74) is 5.97. The van der Waals surface area contributed by atoms with Gasteiger partial charge in [-0.2, -0.15) is 4.31 Å². The molecule has 0 spiro atoms. The minimum Gasteiger partial charge on any atom is -0.435 e. The molecule has 1 aliphatic rings. The third-order valence-corrected chi connectivity index (χ3v) is 6.56. The molecular weight excluding hydrogens is 386 g/mol. The van der Waals surface area contributed by atoms with E-state index in [1.54, 1.807) is 19.9 Å². The van der Waals surface area contributed by atoms with Gasteiger partial charge in [-0.3, -0.25) is 9.36 Å². The van der Waals surface area contributed by atoms with Gasteiger partial charge in [-0.05, 0) is 38.0 Å². The Bertz CT molecular complexity index is 1060. The molecular formula is C18H23N3O6S. The summed E-state index contributed by atoms with van der Waals surface area (Å²) in [6.45, 7) is 3.78. The number of aromatic nitrogens is 1. The minimum atomic E-state index is -3.78. The lowest BCUT2D eigenvalue weighted by Gasteiger charge is -2.19. The van der Waals surface area contributed by atoms with E-state index in [0.717, 1.165) is 0 Å². The van der Waals surface area contributed by atoms with E-state index in [4.69, 9.17) is 10.5 Å². The number of nitrogens with zero attached hydrogens (tertiary/aromatic N) is 2. The zero-order valence-electron chi connectivity index (χ0n) is 15.8. The predicted molar refractivity (Wildman–Crippen MR) is 102 cm³/mol. The van der Waals surface area contributed by atoms with E-state index in [1.807, 2.05) is 0 Å². The van der Waals surface area contributed by atoms with E-state index >= 15 is 0 Å². The minimum absolute atomic E-state index is 0.0761. The zero-order valence-corrected chi connectivity index (χ0v) is 16.6. The lowest BCUT2D eigenvalue weighted by molar-refractivity contribution is 0.0361. The van der Waals surface area contributed by atoms with Gasteiger partial charge in [-0.1, -0.05) is 6.07 Å². The normalized spacial score (nSPS) is 17.8. The highest BCUT2D eigenvalue weighted by atomic mass is 32.2. The fourth-order valence-electron chi connectivity index (χ4n) is 3.33. The first-order valence-corrected chi connectivity index (χ1v) is 10.4. The smallest absolute Gasteiger partial charge is 0.435 e. The second kappa shape index (κ2) is 7.90. The molecule has 9 nitrogen and oxygen atoms in total. The van der Waals surface area contributed by atoms with Crippen molar-refractivity contribution in [1.82, 2.24) is 8.87 Å². The molecule has 10 heteroatoms. The number of pyridine rings is 1. The number of carbonyl (C=O) groups is 1. The molecule has 0 radical (unpaired) electrons. The highest BCUT2D eigenvalue weighted by Gasteiger charge is 2.32. The molecule has 0 bridgehead atoms. The molecule has 1 saturated heterocycles. The molecule has 1 atom stereocenters. The molecule has 28 heavy (non-hydrogen) atoms. The Kier molecular flexibility index (Phi) is 5.73. The third kappa shape index (κ3) is 3.75. The molecule has 1 aliphatic heterocycles. The van der Waals surface area contributed by atoms with Crippen molar-refractivity contribution >= 4 is 27.0 Å². The molecule has 0 saturated carbocycles. The first-order chi connectivity index (χ1) is 13.3. The van der Waals surface area contributed by atoms with Gasteiger partial charge < -0.3 is 15.2 Å². The summed E-state index contributed by atoms with van der Waals surface area (Å²) in [5, 5.41) is 0.595. The number of carbonyl (C=O) groups excluding carboxylic acids is 1. The van der Waals surface area contributed by atoms with E-state index in [-0.39, 0.29) is 36.2 Å². The predicted octanol–water partition coefficient (Wildman–Crippen LogP) is 1.16. The number of benzene rings is 1. The van der Waals surface area contributed by atoms with Gasteiger partial charge in [0.2, 0.25) is 10.0 Å². The SMILES string of the molecule is CCOC(=O)OCn1cc(C)c2c(S(=O)(=O)N3CC[C@@H](N)C3)cccc2c1=O. The number of aryl methyl sites for hydroxylation is 1. The lowest BCUT2D eigenvalue weighted by atomic mass is 10.1. The second-order valence-electron chi connectivity index (χ2n) is 6.63. The Morgan fingerprint density at radius 3 is 2.71 bits per heavy atom. The van der Waals surface area contributed by atoms with Crippen LogP contribution in [0.15, 0.2) is 34.1 Å². The summed E-state index contributed by atoms with van der Waals surface area (Å²) in [7, 11) is -3.78. The first-order valence-electron chi connectivity index (χ1n) is 8.93. The number of hydrogen-bond donors (Lipinski definition) is 1. The van der Waals surface area contributed by atoms with E-state index in [0.29, 0.717) is 23.9 Å². The van der Waals surface area contributed by atoms with Crippen molar-refractivity contribution in [2.45, 2.75) is 37.9 Å². The summed E-state index contributed by atoms with van der Waals surface area (Å²) < 4.78 is 38.3. The summed E-state index contributed by atoms with van der Waals surface area (Å²) in [6.07, 6.45) is 1.19. The molecule has 0 aliphatic carbocycles. The van der Waals surface area contributed by atoms with Crippen molar-refractivity contribution in [1.29, 1.82) is 0 Å². The van der Waals surface area contributed by atoms with Gasteiger partial charge in [0.05, 0.1) is 11.5 Å². The molecule has 1 aromatic carbocycles. The Morgan fingerprint density at radius 1 is 1.32 bits per heavy atom. The fraction of sp³-hybridized carbons (Fsp3) is 0.444. The number of ether oxygens (including phenoxy) is 2. The van der Waals surface area contributed by atoms with E-state index in [1.165, 1.54) is 27.2 Å². The largest absolute Gasteiger partial charge is 0.510 e. The zero-order chi connectivity index (χ0) is 20.5. The van der Waals surface area contributed by atoms with Gasteiger partial charge in [0.15, 0.2) is 6.73 Å². The van der Waals surface area contributed by atoms with Crippen LogP contribution in [0, 0.1) is 6.92 Å². The molecule has 0 unspecified atom stereocenters. The van der Waals surface area contributed by atoms with E-state index < -0.39 is 21.7 Å². The van der Waals surface area contributed by atoms with Crippen molar-refractivity contribution in [3.63, 3.8) is 0 Å². The molecule has 1 aromatic heterocycles. The molecule has 0 amide bonds. The van der Waals surface area contributed by atoms with Crippen molar-refractivity contribution in [2.75, 3.05) is 19.7 Å². The van der Waals surface area contributed by atoms with E-state index in [2.05, 4.69) is 4.74 Å². The van der Waals surface area contributed by atoms with Gasteiger partial charge in [0.1, 0.15) is 0 Å². The van der Waals surface area contributed by atoms with Crippen LogP contribution >= 0.6 is 0 Å². The van der Waals surface area contributed by atoms with Gasteiger partial charge in [-0.25, -0.2) is 13.2 Å². The van der Waals surface area contributed by atoms with Crippen molar-refractivity contribution in [3.8, 4) is 0 Å². The number of sulfonamides is 1. The molecule has 2 N–H and O–H groups in total. The number of nitrogens with two attached hydrogens (primary N) is 1. The monoisotopic (exact) mass is 409 g/mol. The maximum Gasteiger partial charge on any atom is 0.510 e. The number of fused-ring (bicyclic) bond motifs is 1. The quantitative estimate of drug-likeness (QED) is 0.736.